The molecule has 186 valence electrons. The van der Waals surface area contributed by atoms with Gasteiger partial charge < -0.3 is 20.3 Å². The predicted molar refractivity (Wildman–Crippen MR) is 138 cm³/mol. The molecule has 36 heavy (non-hydrogen) atoms. The van der Waals surface area contributed by atoms with Gasteiger partial charge in [-0.1, -0.05) is 12.1 Å². The van der Waals surface area contributed by atoms with E-state index >= 15 is 0 Å². The lowest BCUT2D eigenvalue weighted by atomic mass is 9.94. The van der Waals surface area contributed by atoms with Crippen LogP contribution in [0.3, 0.4) is 0 Å². The van der Waals surface area contributed by atoms with Crippen molar-refractivity contribution in [3.05, 3.63) is 76.4 Å². The van der Waals surface area contributed by atoms with Crippen LogP contribution in [0.5, 0.6) is 0 Å². The number of amides is 2. The summed E-state index contributed by atoms with van der Waals surface area (Å²) < 4.78 is 18.7. The minimum Gasteiger partial charge on any atom is -0.378 e. The molecule has 3 heterocycles. The molecule has 0 bridgehead atoms. The molecular formula is C26H26FN5O3S. The number of anilines is 2. The Labute approximate surface area is 211 Å². The molecule has 0 radical (unpaired) electrons. The number of fused-ring (bicyclic) bond motifs is 1. The Morgan fingerprint density at radius 2 is 1.75 bits per heavy atom. The van der Waals surface area contributed by atoms with E-state index in [4.69, 9.17) is 4.74 Å². The monoisotopic (exact) mass is 507 g/mol. The first-order valence-electron chi connectivity index (χ1n) is 11.6. The zero-order valence-corrected chi connectivity index (χ0v) is 20.7. The van der Waals surface area contributed by atoms with Crippen molar-refractivity contribution < 1.29 is 18.7 Å². The fourth-order valence-corrected chi connectivity index (χ4v) is 5.03. The molecule has 2 aromatic heterocycles. The van der Waals surface area contributed by atoms with Crippen molar-refractivity contribution in [1.29, 1.82) is 0 Å². The van der Waals surface area contributed by atoms with Crippen molar-refractivity contribution in [3.8, 4) is 0 Å². The Morgan fingerprint density at radius 3 is 2.44 bits per heavy atom. The first kappa shape index (κ1) is 24.0. The maximum atomic E-state index is 13.3. The Hall–Kier alpha value is -3.76. The quantitative estimate of drug-likeness (QED) is 0.357. The highest BCUT2D eigenvalue weighted by Crippen LogP contribution is 2.31. The molecule has 4 aromatic rings. The number of nitrogens with one attached hydrogen (secondary N) is 3. The van der Waals surface area contributed by atoms with Crippen LogP contribution < -0.4 is 15.5 Å². The molecular weight excluding hydrogens is 481 g/mol. The second kappa shape index (κ2) is 9.71. The molecule has 0 spiro atoms. The van der Waals surface area contributed by atoms with E-state index < -0.39 is 5.54 Å². The van der Waals surface area contributed by atoms with Crippen molar-refractivity contribution in [2.75, 3.05) is 36.5 Å². The fourth-order valence-electron chi connectivity index (χ4n) is 4.13. The SMILES string of the molecule is CC(C)(NC(=O)c1cc2c(NC(=O)c3ccc(N4CCOCC4)cc3)n[nH]c2s1)c1ccc(F)cc1. The second-order valence-corrected chi connectivity index (χ2v) is 10.2. The fraction of sp³-hybridized carbons (Fsp3) is 0.269. The van der Waals surface area contributed by atoms with Gasteiger partial charge in [0.2, 0.25) is 0 Å². The molecule has 8 nitrogen and oxygen atoms in total. The van der Waals surface area contributed by atoms with E-state index in [2.05, 4.69) is 25.7 Å². The van der Waals surface area contributed by atoms with Crippen LogP contribution >= 0.6 is 11.3 Å². The zero-order chi connectivity index (χ0) is 25.3. The summed E-state index contributed by atoms with van der Waals surface area (Å²) in [7, 11) is 0. The van der Waals surface area contributed by atoms with E-state index in [0.717, 1.165) is 24.3 Å². The number of ether oxygens (including phenoxy) is 1. The standard InChI is InChI=1S/C26H26FN5O3S/c1-26(2,17-5-7-18(27)8-6-17)29-24(34)21-15-20-22(30-31-25(20)36-21)28-23(33)16-3-9-19(10-4-16)32-11-13-35-14-12-32/h3-10,15H,11-14H2,1-2H3,(H,29,34)(H2,28,30,31,33). The van der Waals surface area contributed by atoms with Crippen molar-refractivity contribution in [1.82, 2.24) is 15.5 Å². The highest BCUT2D eigenvalue weighted by atomic mass is 32.1. The van der Waals surface area contributed by atoms with Gasteiger partial charge in [-0.2, -0.15) is 5.10 Å². The van der Waals surface area contributed by atoms with Gasteiger partial charge in [-0.15, -0.1) is 11.3 Å². The molecule has 1 fully saturated rings. The number of carbonyl (C=O) groups excluding carboxylic acids is 2. The average molecular weight is 508 g/mol. The Balaban J connectivity index is 1.28. The van der Waals surface area contributed by atoms with Gasteiger partial charge in [0, 0.05) is 24.3 Å². The Kier molecular flexibility index (Phi) is 6.46. The van der Waals surface area contributed by atoms with Gasteiger partial charge in [0.15, 0.2) is 5.82 Å². The normalized spacial score (nSPS) is 14.1. The molecule has 0 atom stereocenters. The van der Waals surface area contributed by atoms with Crippen molar-refractivity contribution in [2.45, 2.75) is 19.4 Å². The molecule has 1 aliphatic heterocycles. The summed E-state index contributed by atoms with van der Waals surface area (Å²) in [6.45, 7) is 6.76. The highest BCUT2D eigenvalue weighted by Gasteiger charge is 2.25. The van der Waals surface area contributed by atoms with E-state index in [-0.39, 0.29) is 17.6 Å². The van der Waals surface area contributed by atoms with Crippen LogP contribution in [0, 0.1) is 5.82 Å². The molecule has 0 unspecified atom stereocenters. The van der Waals surface area contributed by atoms with Crippen LogP contribution in [0.4, 0.5) is 15.9 Å². The highest BCUT2D eigenvalue weighted by molar-refractivity contribution is 7.20. The van der Waals surface area contributed by atoms with Crippen LogP contribution in [0.15, 0.2) is 54.6 Å². The number of morpholine rings is 1. The third kappa shape index (κ3) is 4.95. The van der Waals surface area contributed by atoms with Crippen LogP contribution in [0.25, 0.3) is 10.2 Å². The molecule has 10 heteroatoms. The van der Waals surface area contributed by atoms with Crippen LogP contribution in [-0.4, -0.2) is 48.3 Å². The number of H-pyrrole nitrogens is 1. The maximum Gasteiger partial charge on any atom is 0.262 e. The first-order chi connectivity index (χ1) is 17.3. The van der Waals surface area contributed by atoms with Gasteiger partial charge in [0.1, 0.15) is 10.6 Å². The lowest BCUT2D eigenvalue weighted by Gasteiger charge is -2.28. The topological polar surface area (TPSA) is 99.3 Å². The molecule has 0 aliphatic carbocycles. The smallest absolute Gasteiger partial charge is 0.262 e. The zero-order valence-electron chi connectivity index (χ0n) is 19.9. The number of carbonyl (C=O) groups is 2. The number of nitrogens with zero attached hydrogens (tertiary/aromatic N) is 2. The van der Waals surface area contributed by atoms with E-state index in [0.29, 0.717) is 39.7 Å². The average Bonchev–Trinajstić information content (AvgIpc) is 3.47. The summed E-state index contributed by atoms with van der Waals surface area (Å²) in [4.78, 5) is 29.2. The molecule has 0 saturated carbocycles. The van der Waals surface area contributed by atoms with Crippen LogP contribution in [0.2, 0.25) is 0 Å². The Bertz CT molecular complexity index is 1390. The molecule has 3 N–H and O–H groups in total. The molecule has 1 saturated heterocycles. The van der Waals surface area contributed by atoms with Crippen molar-refractivity contribution >= 4 is 44.9 Å². The summed E-state index contributed by atoms with van der Waals surface area (Å²) in [6.07, 6.45) is 0. The third-order valence-corrected chi connectivity index (χ3v) is 7.25. The minimum absolute atomic E-state index is 0.269. The molecule has 2 aromatic carbocycles. The summed E-state index contributed by atoms with van der Waals surface area (Å²) >= 11 is 1.25. The van der Waals surface area contributed by atoms with E-state index in [1.807, 2.05) is 26.0 Å². The maximum absolute atomic E-state index is 13.3. The minimum atomic E-state index is -0.703. The third-order valence-electron chi connectivity index (χ3n) is 6.21. The van der Waals surface area contributed by atoms with Crippen LogP contribution in [-0.2, 0) is 10.3 Å². The summed E-state index contributed by atoms with van der Waals surface area (Å²) in [5, 5.41) is 13.6. The molecule has 2 amide bonds. The lowest BCUT2D eigenvalue weighted by Crippen LogP contribution is -2.40. The van der Waals surface area contributed by atoms with Gasteiger partial charge >= 0.3 is 0 Å². The molecule has 5 rings (SSSR count). The summed E-state index contributed by atoms with van der Waals surface area (Å²) in [5.41, 5.74) is 1.64. The number of benzene rings is 2. The van der Waals surface area contributed by atoms with Crippen molar-refractivity contribution in [3.63, 3.8) is 0 Å². The Morgan fingerprint density at radius 1 is 1.06 bits per heavy atom. The lowest BCUT2D eigenvalue weighted by molar-refractivity contribution is 0.0915. The number of hydrogen-bond acceptors (Lipinski definition) is 6. The largest absolute Gasteiger partial charge is 0.378 e. The van der Waals surface area contributed by atoms with E-state index in [1.54, 1.807) is 30.3 Å². The number of aromatic amines is 1. The summed E-state index contributed by atoms with van der Waals surface area (Å²) in [6, 6.07) is 15.2. The number of thiophene rings is 1. The second-order valence-electron chi connectivity index (χ2n) is 9.11. The number of rotatable bonds is 6. The van der Waals surface area contributed by atoms with Gasteiger partial charge in [0.25, 0.3) is 11.8 Å². The van der Waals surface area contributed by atoms with E-state index in [9.17, 15) is 14.0 Å². The predicted octanol–water partition coefficient (Wildman–Crippen LogP) is 4.52. The van der Waals surface area contributed by atoms with Gasteiger partial charge in [0.05, 0.1) is 29.0 Å². The van der Waals surface area contributed by atoms with Crippen molar-refractivity contribution in [2.24, 2.45) is 0 Å². The first-order valence-corrected chi connectivity index (χ1v) is 12.4. The summed E-state index contributed by atoms with van der Waals surface area (Å²) in [5.74, 6) is -0.523. The van der Waals surface area contributed by atoms with E-state index in [1.165, 1.54) is 23.5 Å². The van der Waals surface area contributed by atoms with Gasteiger partial charge in [-0.25, -0.2) is 4.39 Å². The molecule has 1 aliphatic rings. The van der Waals surface area contributed by atoms with Gasteiger partial charge in [-0.3, -0.25) is 14.7 Å². The number of halogens is 1. The van der Waals surface area contributed by atoms with Crippen LogP contribution in [0.1, 0.15) is 39.4 Å². The van der Waals surface area contributed by atoms with Gasteiger partial charge in [-0.05, 0) is 61.9 Å². The number of aromatic nitrogens is 2. The number of hydrogen-bond donors (Lipinski definition) is 3.